The lowest BCUT2D eigenvalue weighted by atomic mass is 10.1. The number of aromatic amines is 1. The van der Waals surface area contributed by atoms with E-state index in [2.05, 4.69) is 10.1 Å². The highest BCUT2D eigenvalue weighted by Gasteiger charge is 2.25. The van der Waals surface area contributed by atoms with E-state index >= 15 is 0 Å². The predicted molar refractivity (Wildman–Crippen MR) is 118 cm³/mol. The van der Waals surface area contributed by atoms with E-state index in [1.165, 1.54) is 11.6 Å². The molecule has 0 amide bonds. The summed E-state index contributed by atoms with van der Waals surface area (Å²) < 4.78 is 6.80. The summed E-state index contributed by atoms with van der Waals surface area (Å²) in [6.45, 7) is 3.96. The zero-order valence-electron chi connectivity index (χ0n) is 17.4. The number of para-hydroxylation sites is 1. The third-order valence-corrected chi connectivity index (χ3v) is 5.29. The normalized spacial score (nSPS) is 12.2. The quantitative estimate of drug-likeness (QED) is 0.361. The Bertz CT molecular complexity index is 1340. The van der Waals surface area contributed by atoms with Gasteiger partial charge in [0, 0.05) is 34.6 Å². The number of nitrogens with one attached hydrogen (secondary N) is 1. The van der Waals surface area contributed by atoms with E-state index in [-0.39, 0.29) is 17.0 Å². The van der Waals surface area contributed by atoms with E-state index in [9.17, 15) is 14.4 Å². The summed E-state index contributed by atoms with van der Waals surface area (Å²) in [6, 6.07) is 14.2. The van der Waals surface area contributed by atoms with Gasteiger partial charge < -0.3 is 9.72 Å². The Labute approximate surface area is 178 Å². The van der Waals surface area contributed by atoms with Crippen molar-refractivity contribution < 1.29 is 14.3 Å². The smallest absolute Gasteiger partial charge is 0.360 e. The molecule has 2 aromatic heterocycles. The summed E-state index contributed by atoms with van der Waals surface area (Å²) in [5.74, 6) is -1.04. The molecule has 7 heteroatoms. The van der Waals surface area contributed by atoms with Gasteiger partial charge in [0.1, 0.15) is 0 Å². The maximum Gasteiger partial charge on any atom is 0.360 e. The number of carbonyl (C=O) groups is 2. The van der Waals surface area contributed by atoms with Crippen molar-refractivity contribution in [3.05, 3.63) is 76.3 Å². The zero-order chi connectivity index (χ0) is 22.0. The van der Waals surface area contributed by atoms with Gasteiger partial charge in [-0.1, -0.05) is 49.7 Å². The standard InChI is InChI=1S/C24H23N3O4/c1-3-4-13-27-23(29)18-11-6-5-10-17(18)21(26-27)24(30)31-15(2)22(28)19-14-25-20-12-8-7-9-16(19)20/h5-12,14-15,25H,3-4,13H2,1-2H3/t15-/m0/s1. The summed E-state index contributed by atoms with van der Waals surface area (Å²) in [6.07, 6.45) is 2.26. The molecule has 0 bridgehead atoms. The topological polar surface area (TPSA) is 94.1 Å². The lowest BCUT2D eigenvalue weighted by Gasteiger charge is -2.14. The van der Waals surface area contributed by atoms with Crippen molar-refractivity contribution in [2.75, 3.05) is 0 Å². The Morgan fingerprint density at radius 2 is 1.74 bits per heavy atom. The molecular formula is C24H23N3O4. The van der Waals surface area contributed by atoms with Crippen molar-refractivity contribution in [3.8, 4) is 0 Å². The summed E-state index contributed by atoms with van der Waals surface area (Å²) >= 11 is 0. The number of hydrogen-bond acceptors (Lipinski definition) is 5. The van der Waals surface area contributed by atoms with Crippen LogP contribution < -0.4 is 5.56 Å². The molecule has 0 saturated carbocycles. The average molecular weight is 417 g/mol. The number of esters is 1. The number of H-pyrrole nitrogens is 1. The Kier molecular flexibility index (Phi) is 5.66. The summed E-state index contributed by atoms with van der Waals surface area (Å²) in [5.41, 5.74) is 1.08. The third kappa shape index (κ3) is 3.86. The van der Waals surface area contributed by atoms with Crippen molar-refractivity contribution in [2.45, 2.75) is 39.3 Å². The largest absolute Gasteiger partial charge is 0.449 e. The van der Waals surface area contributed by atoms with Crippen molar-refractivity contribution in [1.82, 2.24) is 14.8 Å². The molecule has 0 saturated heterocycles. The minimum absolute atomic E-state index is 0.0323. The molecule has 0 radical (unpaired) electrons. The van der Waals surface area contributed by atoms with Crippen LogP contribution in [0.5, 0.6) is 0 Å². The highest BCUT2D eigenvalue weighted by atomic mass is 16.5. The Morgan fingerprint density at radius 3 is 2.48 bits per heavy atom. The number of aromatic nitrogens is 3. The first-order valence-corrected chi connectivity index (χ1v) is 10.3. The summed E-state index contributed by atoms with van der Waals surface area (Å²) in [5, 5.41) is 5.86. The van der Waals surface area contributed by atoms with Gasteiger partial charge in [0.05, 0.1) is 5.39 Å². The Hall–Kier alpha value is -3.74. The third-order valence-electron chi connectivity index (χ3n) is 5.29. The van der Waals surface area contributed by atoms with Crippen LogP contribution in [-0.2, 0) is 11.3 Å². The van der Waals surface area contributed by atoms with Gasteiger partial charge in [0.15, 0.2) is 11.8 Å². The van der Waals surface area contributed by atoms with Crippen LogP contribution in [0, 0.1) is 0 Å². The van der Waals surface area contributed by atoms with Crippen LogP contribution >= 0.6 is 0 Å². The van der Waals surface area contributed by atoms with E-state index in [1.807, 2.05) is 31.2 Å². The van der Waals surface area contributed by atoms with Crippen molar-refractivity contribution in [2.24, 2.45) is 0 Å². The first-order chi connectivity index (χ1) is 15.0. The molecule has 4 rings (SSSR count). The van der Waals surface area contributed by atoms with Crippen LogP contribution in [0.3, 0.4) is 0 Å². The van der Waals surface area contributed by atoms with Gasteiger partial charge in [-0.05, 0) is 25.5 Å². The maximum atomic E-state index is 13.0. The second-order valence-corrected chi connectivity index (χ2v) is 7.44. The minimum atomic E-state index is -1.01. The molecule has 31 heavy (non-hydrogen) atoms. The number of ketones is 1. The number of nitrogens with zero attached hydrogens (tertiary/aromatic N) is 2. The molecule has 0 aliphatic heterocycles. The van der Waals surface area contributed by atoms with Gasteiger partial charge in [-0.15, -0.1) is 0 Å². The van der Waals surface area contributed by atoms with Crippen LogP contribution in [0.25, 0.3) is 21.7 Å². The molecular weight excluding hydrogens is 394 g/mol. The molecule has 2 heterocycles. The molecule has 4 aromatic rings. The zero-order valence-corrected chi connectivity index (χ0v) is 17.4. The highest BCUT2D eigenvalue weighted by molar-refractivity contribution is 6.11. The molecule has 1 atom stereocenters. The maximum absolute atomic E-state index is 13.0. The van der Waals surface area contributed by atoms with Crippen molar-refractivity contribution in [3.63, 3.8) is 0 Å². The number of benzene rings is 2. The fraction of sp³-hybridized carbons (Fsp3) is 0.250. The van der Waals surface area contributed by atoms with E-state index in [0.29, 0.717) is 22.9 Å². The van der Waals surface area contributed by atoms with Gasteiger partial charge in [0.2, 0.25) is 5.78 Å². The number of hydrogen-bond donors (Lipinski definition) is 1. The molecule has 0 unspecified atom stereocenters. The van der Waals surface area contributed by atoms with Crippen LogP contribution in [0.2, 0.25) is 0 Å². The fourth-order valence-corrected chi connectivity index (χ4v) is 3.61. The monoisotopic (exact) mass is 417 g/mol. The highest BCUT2D eigenvalue weighted by Crippen LogP contribution is 2.21. The van der Waals surface area contributed by atoms with Gasteiger partial charge in [-0.25, -0.2) is 9.48 Å². The molecule has 0 spiro atoms. The number of aryl methyl sites for hydroxylation is 1. The van der Waals surface area contributed by atoms with Gasteiger partial charge in [-0.3, -0.25) is 9.59 Å². The van der Waals surface area contributed by atoms with E-state index in [0.717, 1.165) is 23.7 Å². The molecule has 0 fully saturated rings. The summed E-state index contributed by atoms with van der Waals surface area (Å²) in [4.78, 5) is 41.7. The van der Waals surface area contributed by atoms with Crippen LogP contribution in [0.4, 0.5) is 0 Å². The lowest BCUT2D eigenvalue weighted by molar-refractivity contribution is 0.0313. The molecule has 158 valence electrons. The van der Waals surface area contributed by atoms with Gasteiger partial charge in [0.25, 0.3) is 5.56 Å². The van der Waals surface area contributed by atoms with E-state index < -0.39 is 12.1 Å². The number of carbonyl (C=O) groups excluding carboxylic acids is 2. The van der Waals surface area contributed by atoms with Crippen LogP contribution in [0.15, 0.2) is 59.5 Å². The first kappa shape index (κ1) is 20.5. The van der Waals surface area contributed by atoms with Crippen molar-refractivity contribution in [1.29, 1.82) is 0 Å². The fourth-order valence-electron chi connectivity index (χ4n) is 3.61. The van der Waals surface area contributed by atoms with Crippen LogP contribution in [0.1, 0.15) is 47.5 Å². The molecule has 7 nitrogen and oxygen atoms in total. The number of ether oxygens (including phenoxy) is 1. The van der Waals surface area contributed by atoms with E-state index in [1.54, 1.807) is 30.5 Å². The molecule has 0 aliphatic carbocycles. The average Bonchev–Trinajstić information content (AvgIpc) is 3.22. The minimum Gasteiger partial charge on any atom is -0.449 e. The first-order valence-electron chi connectivity index (χ1n) is 10.3. The van der Waals surface area contributed by atoms with Crippen LogP contribution in [-0.4, -0.2) is 32.6 Å². The second kappa shape index (κ2) is 8.55. The molecule has 2 aromatic carbocycles. The molecule has 0 aliphatic rings. The predicted octanol–water partition coefficient (Wildman–Crippen LogP) is 4.11. The number of fused-ring (bicyclic) bond motifs is 2. The summed E-state index contributed by atoms with van der Waals surface area (Å²) in [7, 11) is 0. The number of unbranched alkanes of at least 4 members (excludes halogenated alkanes) is 1. The van der Waals surface area contributed by atoms with Gasteiger partial charge >= 0.3 is 5.97 Å². The van der Waals surface area contributed by atoms with Gasteiger partial charge in [-0.2, -0.15) is 5.10 Å². The Morgan fingerprint density at radius 1 is 1.06 bits per heavy atom. The van der Waals surface area contributed by atoms with Crippen molar-refractivity contribution >= 4 is 33.4 Å². The second-order valence-electron chi connectivity index (χ2n) is 7.44. The molecule has 1 N–H and O–H groups in total. The number of Topliss-reactive ketones (excluding diaryl/α,β-unsaturated/α-hetero) is 1. The lowest BCUT2D eigenvalue weighted by Crippen LogP contribution is -2.29. The Balaban J connectivity index is 1.65. The number of rotatable bonds is 7. The van der Waals surface area contributed by atoms with E-state index in [4.69, 9.17) is 4.74 Å². The SMILES string of the molecule is CCCCn1nc(C(=O)O[C@@H](C)C(=O)c2c[nH]c3ccccc23)c2ccccc2c1=O.